The SMILES string of the molecule is Cc1ccc(NS(=O)(=O)N2CCCCC2)cc1I. The van der Waals surface area contributed by atoms with Gasteiger partial charge in [0.05, 0.1) is 5.69 Å². The highest BCUT2D eigenvalue weighted by atomic mass is 127. The second-order valence-corrected chi connectivity index (χ2v) is 7.36. The standard InChI is InChI=1S/C12H17IN2O2S/c1-10-5-6-11(9-12(10)13)14-18(16,17)15-7-3-2-4-8-15/h5-6,9,14H,2-4,7-8H2,1H3. The highest BCUT2D eigenvalue weighted by Crippen LogP contribution is 2.20. The van der Waals surface area contributed by atoms with Crippen molar-refractivity contribution in [3.63, 3.8) is 0 Å². The molecule has 0 bridgehead atoms. The lowest BCUT2D eigenvalue weighted by atomic mass is 10.2. The van der Waals surface area contributed by atoms with E-state index in [1.54, 1.807) is 6.07 Å². The van der Waals surface area contributed by atoms with E-state index < -0.39 is 10.2 Å². The number of hydrogen-bond acceptors (Lipinski definition) is 2. The van der Waals surface area contributed by atoms with E-state index in [2.05, 4.69) is 27.3 Å². The Balaban J connectivity index is 2.13. The average Bonchev–Trinajstić information content (AvgIpc) is 2.35. The molecule has 2 rings (SSSR count). The zero-order chi connectivity index (χ0) is 13.2. The fourth-order valence-corrected chi connectivity index (χ4v) is 3.78. The van der Waals surface area contributed by atoms with Crippen molar-refractivity contribution in [2.24, 2.45) is 0 Å². The summed E-state index contributed by atoms with van der Waals surface area (Å²) >= 11 is 2.21. The Bertz CT molecular complexity index is 525. The number of anilines is 1. The predicted molar refractivity (Wildman–Crippen MR) is 81.9 cm³/mol. The van der Waals surface area contributed by atoms with Crippen LogP contribution in [0.4, 0.5) is 5.69 Å². The number of piperidine rings is 1. The molecule has 0 radical (unpaired) electrons. The molecule has 1 aromatic carbocycles. The van der Waals surface area contributed by atoms with Crippen LogP contribution in [0.3, 0.4) is 0 Å². The van der Waals surface area contributed by atoms with Gasteiger partial charge in [-0.25, -0.2) is 0 Å². The molecular weight excluding hydrogens is 363 g/mol. The van der Waals surface area contributed by atoms with Gasteiger partial charge in [0.2, 0.25) is 0 Å². The highest BCUT2D eigenvalue weighted by molar-refractivity contribution is 14.1. The summed E-state index contributed by atoms with van der Waals surface area (Å²) < 4.78 is 29.6. The van der Waals surface area contributed by atoms with Crippen LogP contribution in [-0.4, -0.2) is 25.8 Å². The summed E-state index contributed by atoms with van der Waals surface area (Å²) in [6.07, 6.45) is 3.02. The Kier molecular flexibility index (Phi) is 4.50. The first-order chi connectivity index (χ1) is 8.49. The van der Waals surface area contributed by atoms with Crippen molar-refractivity contribution in [1.82, 2.24) is 4.31 Å². The second kappa shape index (κ2) is 5.75. The van der Waals surface area contributed by atoms with Crippen LogP contribution >= 0.6 is 22.6 Å². The van der Waals surface area contributed by atoms with Crippen LogP contribution in [-0.2, 0) is 10.2 Å². The summed E-state index contributed by atoms with van der Waals surface area (Å²) in [5.41, 5.74) is 1.78. The van der Waals surface area contributed by atoms with Crippen molar-refractivity contribution in [3.8, 4) is 0 Å². The molecule has 0 amide bonds. The van der Waals surface area contributed by atoms with Gasteiger partial charge in [-0.2, -0.15) is 12.7 Å². The lowest BCUT2D eigenvalue weighted by molar-refractivity contribution is 0.349. The van der Waals surface area contributed by atoms with Gasteiger partial charge < -0.3 is 0 Å². The van der Waals surface area contributed by atoms with Crippen LogP contribution in [0.15, 0.2) is 18.2 Å². The summed E-state index contributed by atoms with van der Waals surface area (Å²) in [6, 6.07) is 5.59. The number of aryl methyl sites for hydroxylation is 1. The third-order valence-corrected chi connectivity index (χ3v) is 5.77. The van der Waals surface area contributed by atoms with Gasteiger partial charge in [-0.05, 0) is 60.1 Å². The summed E-state index contributed by atoms with van der Waals surface area (Å²) in [4.78, 5) is 0. The van der Waals surface area contributed by atoms with Crippen LogP contribution in [0.25, 0.3) is 0 Å². The molecule has 0 aliphatic carbocycles. The molecule has 1 saturated heterocycles. The van der Waals surface area contributed by atoms with Gasteiger partial charge in [0, 0.05) is 16.7 Å². The Morgan fingerprint density at radius 2 is 1.89 bits per heavy atom. The molecule has 1 fully saturated rings. The van der Waals surface area contributed by atoms with Gasteiger partial charge in [-0.3, -0.25) is 4.72 Å². The van der Waals surface area contributed by atoms with E-state index in [0.29, 0.717) is 18.8 Å². The molecule has 1 heterocycles. The minimum Gasteiger partial charge on any atom is -0.271 e. The van der Waals surface area contributed by atoms with Gasteiger partial charge in [0.15, 0.2) is 0 Å². The van der Waals surface area contributed by atoms with E-state index in [-0.39, 0.29) is 0 Å². The molecule has 100 valence electrons. The first kappa shape index (κ1) is 14.1. The highest BCUT2D eigenvalue weighted by Gasteiger charge is 2.23. The minimum absolute atomic E-state index is 0.623. The molecule has 18 heavy (non-hydrogen) atoms. The van der Waals surface area contributed by atoms with E-state index in [1.165, 1.54) is 4.31 Å². The van der Waals surface area contributed by atoms with Gasteiger partial charge in [0.25, 0.3) is 0 Å². The van der Waals surface area contributed by atoms with E-state index in [4.69, 9.17) is 0 Å². The maximum atomic E-state index is 12.2. The fraction of sp³-hybridized carbons (Fsp3) is 0.500. The minimum atomic E-state index is -3.39. The number of benzene rings is 1. The monoisotopic (exact) mass is 380 g/mol. The Labute approximate surface area is 122 Å². The third kappa shape index (κ3) is 3.36. The molecule has 1 aliphatic heterocycles. The van der Waals surface area contributed by atoms with Crippen molar-refractivity contribution in [3.05, 3.63) is 27.3 Å². The zero-order valence-electron chi connectivity index (χ0n) is 10.3. The number of nitrogens with one attached hydrogen (secondary N) is 1. The number of hydrogen-bond donors (Lipinski definition) is 1. The molecule has 1 aliphatic rings. The van der Waals surface area contributed by atoms with Gasteiger partial charge in [-0.1, -0.05) is 12.5 Å². The maximum Gasteiger partial charge on any atom is 0.301 e. The molecular formula is C12H17IN2O2S. The molecule has 4 nitrogen and oxygen atoms in total. The smallest absolute Gasteiger partial charge is 0.271 e. The molecule has 0 aromatic heterocycles. The van der Waals surface area contributed by atoms with Gasteiger partial charge >= 0.3 is 10.2 Å². The van der Waals surface area contributed by atoms with E-state index >= 15 is 0 Å². The Morgan fingerprint density at radius 1 is 1.22 bits per heavy atom. The Hall–Kier alpha value is -0.340. The summed E-state index contributed by atoms with van der Waals surface area (Å²) in [7, 11) is -3.39. The molecule has 0 saturated carbocycles. The largest absolute Gasteiger partial charge is 0.301 e. The lowest BCUT2D eigenvalue weighted by Gasteiger charge is -2.26. The van der Waals surface area contributed by atoms with E-state index in [1.807, 2.05) is 19.1 Å². The maximum absolute atomic E-state index is 12.2. The lowest BCUT2D eigenvalue weighted by Crippen LogP contribution is -2.39. The van der Waals surface area contributed by atoms with Crippen LogP contribution < -0.4 is 4.72 Å². The predicted octanol–water partition coefficient (Wildman–Crippen LogP) is 2.74. The Morgan fingerprint density at radius 3 is 2.50 bits per heavy atom. The van der Waals surface area contributed by atoms with Crippen molar-refractivity contribution in [2.75, 3.05) is 17.8 Å². The number of nitrogens with zero attached hydrogens (tertiary/aromatic N) is 1. The summed E-state index contributed by atoms with van der Waals surface area (Å²) in [5, 5.41) is 0. The topological polar surface area (TPSA) is 49.4 Å². The van der Waals surface area contributed by atoms with Crippen LogP contribution in [0.5, 0.6) is 0 Å². The van der Waals surface area contributed by atoms with E-state index in [9.17, 15) is 8.42 Å². The molecule has 6 heteroatoms. The van der Waals surface area contributed by atoms with Gasteiger partial charge in [0.1, 0.15) is 0 Å². The first-order valence-corrected chi connectivity index (χ1v) is 8.55. The fourth-order valence-electron chi connectivity index (χ4n) is 1.98. The van der Waals surface area contributed by atoms with Crippen molar-refractivity contribution in [1.29, 1.82) is 0 Å². The average molecular weight is 380 g/mol. The molecule has 0 atom stereocenters. The first-order valence-electron chi connectivity index (χ1n) is 6.03. The zero-order valence-corrected chi connectivity index (χ0v) is 13.3. The van der Waals surface area contributed by atoms with Crippen molar-refractivity contribution >= 4 is 38.5 Å². The van der Waals surface area contributed by atoms with Crippen LogP contribution in [0, 0.1) is 10.5 Å². The van der Waals surface area contributed by atoms with E-state index in [0.717, 1.165) is 28.4 Å². The van der Waals surface area contributed by atoms with Crippen LogP contribution in [0.2, 0.25) is 0 Å². The molecule has 1 aromatic rings. The van der Waals surface area contributed by atoms with Gasteiger partial charge in [-0.15, -0.1) is 0 Å². The molecule has 0 unspecified atom stereocenters. The normalized spacial score (nSPS) is 17.7. The third-order valence-electron chi connectivity index (χ3n) is 3.07. The molecule has 0 spiro atoms. The van der Waals surface area contributed by atoms with Crippen LogP contribution in [0.1, 0.15) is 24.8 Å². The quantitative estimate of drug-likeness (QED) is 0.820. The summed E-state index contributed by atoms with van der Waals surface area (Å²) in [6.45, 7) is 3.25. The molecule has 1 N–H and O–H groups in total. The number of halogens is 1. The van der Waals surface area contributed by atoms with Crippen molar-refractivity contribution < 1.29 is 8.42 Å². The van der Waals surface area contributed by atoms with Crippen molar-refractivity contribution in [2.45, 2.75) is 26.2 Å². The second-order valence-electron chi connectivity index (χ2n) is 4.53. The summed E-state index contributed by atoms with van der Waals surface area (Å²) in [5.74, 6) is 0. The number of rotatable bonds is 3.